The van der Waals surface area contributed by atoms with E-state index >= 15 is 0 Å². The topological polar surface area (TPSA) is 24.1 Å². The average Bonchev–Trinajstić information content (AvgIpc) is 2.70. The van der Waals surface area contributed by atoms with Gasteiger partial charge in [0.25, 0.3) is 0 Å². The maximum absolute atomic E-state index is 13.0. The Morgan fingerprint density at radius 2 is 2.40 bits per heavy atom. The fourth-order valence-corrected chi connectivity index (χ4v) is 2.02. The van der Waals surface area contributed by atoms with Gasteiger partial charge in [0, 0.05) is 18.6 Å². The molecule has 1 aromatic rings. The Labute approximate surface area is 89.9 Å². The Balaban J connectivity index is 1.97. The van der Waals surface area contributed by atoms with E-state index in [9.17, 15) is 4.39 Å². The summed E-state index contributed by atoms with van der Waals surface area (Å²) >= 11 is 0. The third-order valence-corrected chi connectivity index (χ3v) is 2.89. The molecule has 1 aliphatic heterocycles. The second-order valence-corrected chi connectivity index (χ2v) is 4.13. The van der Waals surface area contributed by atoms with E-state index in [0.717, 1.165) is 25.1 Å². The maximum Gasteiger partial charge on any atom is 0.123 e. The molecule has 1 saturated heterocycles. The van der Waals surface area contributed by atoms with Crippen molar-refractivity contribution in [3.8, 4) is 0 Å². The minimum Gasteiger partial charge on any atom is -0.315 e. The number of halogens is 1. The Bertz CT molecular complexity index is 321. The average molecular weight is 208 g/mol. The van der Waals surface area contributed by atoms with Crippen LogP contribution >= 0.6 is 0 Å². The van der Waals surface area contributed by atoms with Crippen molar-refractivity contribution < 1.29 is 4.39 Å². The molecule has 0 bridgehead atoms. The quantitative estimate of drug-likeness (QED) is 0.792. The van der Waals surface area contributed by atoms with Crippen LogP contribution in [0.15, 0.2) is 24.3 Å². The number of rotatable bonds is 3. The van der Waals surface area contributed by atoms with Crippen molar-refractivity contribution >= 4 is 0 Å². The lowest BCUT2D eigenvalue weighted by molar-refractivity contribution is 0.476. The van der Waals surface area contributed by atoms with Gasteiger partial charge in [-0.25, -0.2) is 4.39 Å². The van der Waals surface area contributed by atoms with E-state index in [0.29, 0.717) is 6.04 Å². The first-order valence-corrected chi connectivity index (χ1v) is 5.48. The van der Waals surface area contributed by atoms with Crippen LogP contribution in [0.1, 0.15) is 24.9 Å². The van der Waals surface area contributed by atoms with Crippen molar-refractivity contribution in [3.05, 3.63) is 35.6 Å². The molecule has 2 nitrogen and oxygen atoms in total. The summed E-state index contributed by atoms with van der Waals surface area (Å²) in [6.07, 6.45) is 1.15. The minimum atomic E-state index is -0.161. The fourth-order valence-electron chi connectivity index (χ4n) is 2.02. The Morgan fingerprint density at radius 3 is 3.07 bits per heavy atom. The first kappa shape index (κ1) is 10.6. The van der Waals surface area contributed by atoms with Crippen LogP contribution < -0.4 is 10.6 Å². The van der Waals surface area contributed by atoms with E-state index in [2.05, 4.69) is 17.6 Å². The van der Waals surface area contributed by atoms with Crippen LogP contribution in [0.5, 0.6) is 0 Å². The van der Waals surface area contributed by atoms with Gasteiger partial charge >= 0.3 is 0 Å². The Kier molecular flexibility index (Phi) is 3.34. The van der Waals surface area contributed by atoms with Gasteiger partial charge in [0.1, 0.15) is 5.82 Å². The maximum atomic E-state index is 13.0. The molecule has 2 atom stereocenters. The second kappa shape index (κ2) is 4.73. The van der Waals surface area contributed by atoms with Crippen LogP contribution in [0, 0.1) is 5.82 Å². The van der Waals surface area contributed by atoms with Gasteiger partial charge in [-0.1, -0.05) is 12.1 Å². The lowest BCUT2D eigenvalue weighted by atomic mass is 10.1. The van der Waals surface area contributed by atoms with E-state index < -0.39 is 0 Å². The van der Waals surface area contributed by atoms with Crippen molar-refractivity contribution in [2.24, 2.45) is 0 Å². The van der Waals surface area contributed by atoms with Crippen LogP contribution in [0.3, 0.4) is 0 Å². The molecule has 0 amide bonds. The molecule has 1 heterocycles. The molecule has 0 saturated carbocycles. The number of benzene rings is 1. The van der Waals surface area contributed by atoms with Gasteiger partial charge in [0.15, 0.2) is 0 Å². The van der Waals surface area contributed by atoms with Gasteiger partial charge in [-0.05, 0) is 37.6 Å². The zero-order valence-corrected chi connectivity index (χ0v) is 8.96. The lowest BCUT2D eigenvalue weighted by Gasteiger charge is -2.19. The van der Waals surface area contributed by atoms with Crippen molar-refractivity contribution in [1.82, 2.24) is 10.6 Å². The lowest BCUT2D eigenvalue weighted by Crippen LogP contribution is -2.33. The molecule has 0 aromatic heterocycles. The molecule has 0 spiro atoms. The van der Waals surface area contributed by atoms with Crippen LogP contribution in [-0.4, -0.2) is 19.1 Å². The summed E-state index contributed by atoms with van der Waals surface area (Å²) < 4.78 is 13.0. The highest BCUT2D eigenvalue weighted by Crippen LogP contribution is 2.15. The van der Waals surface area contributed by atoms with E-state index in [1.165, 1.54) is 6.07 Å². The van der Waals surface area contributed by atoms with E-state index in [1.807, 2.05) is 6.07 Å². The fraction of sp³-hybridized carbons (Fsp3) is 0.500. The van der Waals surface area contributed by atoms with E-state index in [1.54, 1.807) is 12.1 Å². The monoisotopic (exact) mass is 208 g/mol. The molecular formula is C12H17FN2. The van der Waals surface area contributed by atoms with Gasteiger partial charge < -0.3 is 10.6 Å². The molecule has 1 unspecified atom stereocenters. The highest BCUT2D eigenvalue weighted by atomic mass is 19.1. The molecule has 2 rings (SSSR count). The van der Waals surface area contributed by atoms with Crippen LogP contribution in [0.4, 0.5) is 4.39 Å². The Hall–Kier alpha value is -0.930. The van der Waals surface area contributed by atoms with Crippen LogP contribution in [-0.2, 0) is 0 Å². The summed E-state index contributed by atoms with van der Waals surface area (Å²) in [6, 6.07) is 7.53. The summed E-state index contributed by atoms with van der Waals surface area (Å²) in [5.74, 6) is -0.161. The SMILES string of the molecule is C[C@H](NC1CCNC1)c1cccc(F)c1. The highest BCUT2D eigenvalue weighted by molar-refractivity contribution is 5.19. The summed E-state index contributed by atoms with van der Waals surface area (Å²) in [5.41, 5.74) is 1.02. The van der Waals surface area contributed by atoms with Gasteiger partial charge in [0.05, 0.1) is 0 Å². The van der Waals surface area contributed by atoms with Gasteiger partial charge in [-0.3, -0.25) is 0 Å². The number of hydrogen-bond donors (Lipinski definition) is 2. The standard InChI is InChI=1S/C12H17FN2/c1-9(15-12-5-6-14-8-12)10-3-2-4-11(13)7-10/h2-4,7,9,12,14-15H,5-6,8H2,1H3/t9-,12?/m0/s1. The first-order valence-electron chi connectivity index (χ1n) is 5.48. The summed E-state index contributed by atoms with van der Waals surface area (Å²) in [4.78, 5) is 0. The zero-order chi connectivity index (χ0) is 10.7. The summed E-state index contributed by atoms with van der Waals surface area (Å²) in [5, 5.41) is 6.80. The predicted octanol–water partition coefficient (Wildman–Crippen LogP) is 1.84. The van der Waals surface area contributed by atoms with Crippen LogP contribution in [0.2, 0.25) is 0 Å². The van der Waals surface area contributed by atoms with Crippen molar-refractivity contribution in [2.75, 3.05) is 13.1 Å². The minimum absolute atomic E-state index is 0.161. The molecule has 3 heteroatoms. The van der Waals surface area contributed by atoms with Gasteiger partial charge in [0.2, 0.25) is 0 Å². The molecule has 0 radical (unpaired) electrons. The van der Waals surface area contributed by atoms with Crippen LogP contribution in [0.25, 0.3) is 0 Å². The smallest absolute Gasteiger partial charge is 0.123 e. The summed E-state index contributed by atoms with van der Waals surface area (Å²) in [6.45, 7) is 4.17. The normalized spacial score (nSPS) is 22.9. The van der Waals surface area contributed by atoms with E-state index in [-0.39, 0.29) is 11.9 Å². The third kappa shape index (κ3) is 2.76. The zero-order valence-electron chi connectivity index (χ0n) is 8.96. The van der Waals surface area contributed by atoms with Gasteiger partial charge in [-0.2, -0.15) is 0 Å². The molecule has 15 heavy (non-hydrogen) atoms. The first-order chi connectivity index (χ1) is 7.25. The largest absolute Gasteiger partial charge is 0.315 e. The van der Waals surface area contributed by atoms with Crippen molar-refractivity contribution in [2.45, 2.75) is 25.4 Å². The Morgan fingerprint density at radius 1 is 1.53 bits per heavy atom. The third-order valence-electron chi connectivity index (χ3n) is 2.89. The van der Waals surface area contributed by atoms with Crippen molar-refractivity contribution in [1.29, 1.82) is 0 Å². The molecule has 2 N–H and O–H groups in total. The molecule has 0 aliphatic carbocycles. The highest BCUT2D eigenvalue weighted by Gasteiger charge is 2.17. The number of nitrogens with one attached hydrogen (secondary N) is 2. The molecule has 1 aliphatic rings. The molecule has 82 valence electrons. The van der Waals surface area contributed by atoms with E-state index in [4.69, 9.17) is 0 Å². The molecule has 1 aromatic carbocycles. The second-order valence-electron chi connectivity index (χ2n) is 4.13. The van der Waals surface area contributed by atoms with Gasteiger partial charge in [-0.15, -0.1) is 0 Å². The van der Waals surface area contributed by atoms with Crippen molar-refractivity contribution in [3.63, 3.8) is 0 Å². The summed E-state index contributed by atoms with van der Waals surface area (Å²) in [7, 11) is 0. The molecule has 1 fully saturated rings. The molecular weight excluding hydrogens is 191 g/mol. The predicted molar refractivity (Wildman–Crippen MR) is 59.2 cm³/mol. The number of hydrogen-bond acceptors (Lipinski definition) is 2.